The van der Waals surface area contributed by atoms with Gasteiger partial charge in [-0.15, -0.1) is 0 Å². The molecule has 0 saturated carbocycles. The molecule has 0 unspecified atom stereocenters. The molecular formula is C25H20FN5. The zero-order valence-electron chi connectivity index (χ0n) is 16.7. The summed E-state index contributed by atoms with van der Waals surface area (Å²) in [6.45, 7) is 0.469. The summed E-state index contributed by atoms with van der Waals surface area (Å²) in [6.07, 6.45) is 0.348. The summed E-state index contributed by atoms with van der Waals surface area (Å²) in [6, 6.07) is 26.5. The summed E-state index contributed by atoms with van der Waals surface area (Å²) in [5.74, 6) is 0.560. The molecule has 0 spiro atoms. The van der Waals surface area contributed by atoms with E-state index in [1.165, 1.54) is 12.1 Å². The first-order valence-corrected chi connectivity index (χ1v) is 10.2. The normalized spacial score (nSPS) is 14.4. The molecule has 1 atom stereocenters. The number of para-hydroxylation sites is 2. The maximum absolute atomic E-state index is 13.7. The van der Waals surface area contributed by atoms with Crippen molar-refractivity contribution in [3.63, 3.8) is 0 Å². The monoisotopic (exact) mass is 409 g/mol. The Balaban J connectivity index is 1.76. The molecule has 1 aliphatic heterocycles. The summed E-state index contributed by atoms with van der Waals surface area (Å²) < 4.78 is 15.5. The predicted octanol–water partition coefficient (Wildman–Crippen LogP) is 5.86. The number of fused-ring (bicyclic) bond motifs is 2. The van der Waals surface area contributed by atoms with Crippen molar-refractivity contribution in [1.29, 1.82) is 5.26 Å². The minimum Gasteiger partial charge on any atom is -0.372 e. The molecule has 5 nitrogen and oxygen atoms in total. The van der Waals surface area contributed by atoms with E-state index in [-0.39, 0.29) is 11.9 Å². The van der Waals surface area contributed by atoms with Crippen LogP contribution >= 0.6 is 0 Å². The minimum atomic E-state index is -0.274. The van der Waals surface area contributed by atoms with Gasteiger partial charge in [-0.05, 0) is 29.8 Å². The highest BCUT2D eigenvalue weighted by molar-refractivity contribution is 5.83. The summed E-state index contributed by atoms with van der Waals surface area (Å²) in [5.41, 5.74) is 5.57. The van der Waals surface area contributed by atoms with Gasteiger partial charge in [0.25, 0.3) is 0 Å². The summed E-state index contributed by atoms with van der Waals surface area (Å²) >= 11 is 0. The fourth-order valence-electron chi connectivity index (χ4n) is 3.99. The van der Waals surface area contributed by atoms with E-state index in [0.717, 1.165) is 39.6 Å². The Kier molecular flexibility index (Phi) is 4.85. The van der Waals surface area contributed by atoms with E-state index in [1.807, 2.05) is 59.3 Å². The fourth-order valence-corrected chi connectivity index (χ4v) is 3.99. The largest absolute Gasteiger partial charge is 0.372 e. The number of halogens is 1. The number of aryl methyl sites for hydroxylation is 1. The lowest BCUT2D eigenvalue weighted by Gasteiger charge is -2.20. The molecular weight excluding hydrogens is 389 g/mol. The van der Waals surface area contributed by atoms with E-state index < -0.39 is 0 Å². The summed E-state index contributed by atoms with van der Waals surface area (Å²) in [5, 5.41) is 21.2. The number of hydrogen-bond acceptors (Lipinski definition) is 4. The van der Waals surface area contributed by atoms with Crippen LogP contribution in [0.3, 0.4) is 0 Å². The van der Waals surface area contributed by atoms with Crippen molar-refractivity contribution in [2.24, 2.45) is 0 Å². The van der Waals surface area contributed by atoms with Crippen molar-refractivity contribution in [1.82, 2.24) is 9.78 Å². The number of aromatic nitrogens is 2. The molecule has 5 rings (SSSR count). The molecule has 4 aromatic rings. The first-order valence-electron chi connectivity index (χ1n) is 10.2. The molecule has 3 aromatic carbocycles. The number of anilines is 3. The van der Waals surface area contributed by atoms with Crippen LogP contribution in [0.4, 0.5) is 21.6 Å². The second-order valence-electron chi connectivity index (χ2n) is 7.41. The van der Waals surface area contributed by atoms with Gasteiger partial charge in [0.05, 0.1) is 36.5 Å². The number of benzene rings is 3. The second kappa shape index (κ2) is 7.96. The van der Waals surface area contributed by atoms with Crippen molar-refractivity contribution in [2.75, 3.05) is 10.6 Å². The topological polar surface area (TPSA) is 65.7 Å². The van der Waals surface area contributed by atoms with Gasteiger partial charge in [-0.2, -0.15) is 10.4 Å². The van der Waals surface area contributed by atoms with Crippen LogP contribution < -0.4 is 10.6 Å². The SMILES string of the molecule is N#CCCn1nc(-c2ccccc2)c2c1Nc1ccccc1N[C@@H]2c1ccc(F)cc1. The number of nitriles is 1. The van der Waals surface area contributed by atoms with Gasteiger partial charge in [-0.1, -0.05) is 54.6 Å². The maximum Gasteiger partial charge on any atom is 0.135 e. The second-order valence-corrected chi connectivity index (χ2v) is 7.41. The number of nitrogens with zero attached hydrogens (tertiary/aromatic N) is 3. The minimum absolute atomic E-state index is 0.252. The molecule has 0 bridgehead atoms. The lowest BCUT2D eigenvalue weighted by molar-refractivity contribution is 0.626. The number of nitrogens with one attached hydrogen (secondary N) is 2. The van der Waals surface area contributed by atoms with Crippen LogP contribution in [0.25, 0.3) is 11.3 Å². The highest BCUT2D eigenvalue weighted by atomic mass is 19.1. The number of hydrogen-bond donors (Lipinski definition) is 2. The van der Waals surface area contributed by atoms with Gasteiger partial charge >= 0.3 is 0 Å². The predicted molar refractivity (Wildman–Crippen MR) is 119 cm³/mol. The van der Waals surface area contributed by atoms with E-state index in [9.17, 15) is 4.39 Å². The van der Waals surface area contributed by atoms with E-state index in [4.69, 9.17) is 10.4 Å². The average Bonchev–Trinajstić information content (AvgIpc) is 3.06. The quantitative estimate of drug-likeness (QED) is 0.443. The van der Waals surface area contributed by atoms with Crippen molar-refractivity contribution in [3.8, 4) is 17.3 Å². The molecule has 0 fully saturated rings. The molecule has 0 saturated heterocycles. The highest BCUT2D eigenvalue weighted by Crippen LogP contribution is 2.44. The van der Waals surface area contributed by atoms with Gasteiger partial charge in [0.1, 0.15) is 17.3 Å². The lowest BCUT2D eigenvalue weighted by Crippen LogP contribution is -2.12. The summed E-state index contributed by atoms with van der Waals surface area (Å²) in [7, 11) is 0. The average molecular weight is 409 g/mol. The standard InChI is InChI=1S/C25H20FN5/c26-19-13-11-18(12-14-19)23-22-24(17-7-2-1-3-8-17)30-31(16-6-15-27)25(22)29-21-10-5-4-9-20(21)28-23/h1-5,7-14,23,28-29H,6,16H2/t23-/m1/s1. The molecule has 2 N–H and O–H groups in total. The van der Waals surface area contributed by atoms with Crippen molar-refractivity contribution in [2.45, 2.75) is 19.0 Å². The highest BCUT2D eigenvalue weighted by Gasteiger charge is 2.30. The molecule has 0 aliphatic carbocycles. The third kappa shape index (κ3) is 3.51. The van der Waals surface area contributed by atoms with E-state index in [1.54, 1.807) is 12.1 Å². The van der Waals surface area contributed by atoms with E-state index >= 15 is 0 Å². The Labute approximate surface area is 179 Å². The van der Waals surface area contributed by atoms with Gasteiger partial charge < -0.3 is 10.6 Å². The molecule has 1 aromatic heterocycles. The van der Waals surface area contributed by atoms with Crippen LogP contribution in [0.15, 0.2) is 78.9 Å². The Bertz CT molecular complexity index is 1260. The van der Waals surface area contributed by atoms with Crippen LogP contribution in [0.2, 0.25) is 0 Å². The Morgan fingerprint density at radius 1 is 0.935 bits per heavy atom. The smallest absolute Gasteiger partial charge is 0.135 e. The molecule has 0 amide bonds. The van der Waals surface area contributed by atoms with Crippen LogP contribution in [-0.2, 0) is 6.54 Å². The molecule has 1 aliphatic rings. The Morgan fingerprint density at radius 2 is 1.65 bits per heavy atom. The van der Waals surface area contributed by atoms with Gasteiger partial charge in [0.15, 0.2) is 0 Å². The van der Waals surface area contributed by atoms with Gasteiger partial charge in [-0.3, -0.25) is 0 Å². The first-order chi connectivity index (χ1) is 15.2. The van der Waals surface area contributed by atoms with Gasteiger partial charge in [-0.25, -0.2) is 9.07 Å². The lowest BCUT2D eigenvalue weighted by atomic mass is 9.95. The maximum atomic E-state index is 13.7. The van der Waals surface area contributed by atoms with Gasteiger partial charge in [0, 0.05) is 11.1 Å². The Morgan fingerprint density at radius 3 is 2.39 bits per heavy atom. The van der Waals surface area contributed by atoms with E-state index in [0.29, 0.717) is 13.0 Å². The molecule has 31 heavy (non-hydrogen) atoms. The molecule has 0 radical (unpaired) electrons. The third-order valence-electron chi connectivity index (χ3n) is 5.44. The molecule has 6 heteroatoms. The van der Waals surface area contributed by atoms with Crippen LogP contribution in [-0.4, -0.2) is 9.78 Å². The molecule has 2 heterocycles. The van der Waals surface area contributed by atoms with Crippen molar-refractivity contribution < 1.29 is 4.39 Å². The van der Waals surface area contributed by atoms with Crippen molar-refractivity contribution >= 4 is 17.2 Å². The van der Waals surface area contributed by atoms with Crippen LogP contribution in [0.1, 0.15) is 23.6 Å². The Hall–Kier alpha value is -4.11. The van der Waals surface area contributed by atoms with E-state index in [2.05, 4.69) is 16.7 Å². The van der Waals surface area contributed by atoms with Gasteiger partial charge in [0.2, 0.25) is 0 Å². The van der Waals surface area contributed by atoms with Crippen LogP contribution in [0, 0.1) is 17.1 Å². The first kappa shape index (κ1) is 18.9. The van der Waals surface area contributed by atoms with Crippen LogP contribution in [0.5, 0.6) is 0 Å². The summed E-state index contributed by atoms with van der Waals surface area (Å²) in [4.78, 5) is 0. The third-order valence-corrected chi connectivity index (χ3v) is 5.44. The molecule has 152 valence electrons. The number of rotatable bonds is 4. The zero-order valence-corrected chi connectivity index (χ0v) is 16.7. The van der Waals surface area contributed by atoms with Crippen molar-refractivity contribution in [3.05, 3.63) is 95.8 Å². The zero-order chi connectivity index (χ0) is 21.2. The fraction of sp³-hybridized carbons (Fsp3) is 0.120.